The first-order valence-corrected chi connectivity index (χ1v) is 7.10. The second kappa shape index (κ2) is 7.06. The largest absolute Gasteiger partial charge is 0.378 e. The minimum atomic E-state index is 0.346. The topological polar surface area (TPSA) is 28.2 Å². The number of nitrogens with one attached hydrogen (secondary N) is 1. The molecule has 1 atom stereocenters. The molecule has 0 saturated heterocycles. The van der Waals surface area contributed by atoms with Crippen molar-refractivity contribution in [2.45, 2.75) is 19.4 Å². The smallest absolute Gasteiger partial charge is 0.0361 e. The molecule has 0 aliphatic carbocycles. The number of likely N-dealkylation sites (N-methyl/N-ethyl adjacent to an activating group) is 1. The summed E-state index contributed by atoms with van der Waals surface area (Å²) in [4.78, 5) is 6.20. The molecule has 0 saturated carbocycles. The molecule has 1 unspecified atom stereocenters. The molecule has 20 heavy (non-hydrogen) atoms. The van der Waals surface area contributed by atoms with Crippen molar-refractivity contribution in [1.29, 1.82) is 0 Å². The van der Waals surface area contributed by atoms with Crippen molar-refractivity contribution in [3.63, 3.8) is 0 Å². The van der Waals surface area contributed by atoms with Crippen LogP contribution >= 0.6 is 0 Å². The van der Waals surface area contributed by atoms with Gasteiger partial charge in [0, 0.05) is 38.2 Å². The fraction of sp³-hybridized carbons (Fsp3) is 0.353. The summed E-state index contributed by atoms with van der Waals surface area (Å²) in [6, 6.07) is 13.3. The number of aromatic nitrogens is 1. The van der Waals surface area contributed by atoms with Gasteiger partial charge in [-0.2, -0.15) is 0 Å². The Morgan fingerprint density at radius 1 is 1.05 bits per heavy atom. The van der Waals surface area contributed by atoms with Gasteiger partial charge in [-0.1, -0.05) is 19.1 Å². The maximum atomic E-state index is 4.08. The summed E-state index contributed by atoms with van der Waals surface area (Å²) in [5.41, 5.74) is 3.87. The Labute approximate surface area is 121 Å². The van der Waals surface area contributed by atoms with Crippen molar-refractivity contribution in [3.05, 3.63) is 59.9 Å². The van der Waals surface area contributed by atoms with Crippen LogP contribution in [0.25, 0.3) is 0 Å². The molecule has 0 aliphatic heterocycles. The third kappa shape index (κ3) is 3.81. The summed E-state index contributed by atoms with van der Waals surface area (Å²) in [6.45, 7) is 3.11. The van der Waals surface area contributed by atoms with Crippen LogP contribution in [0.4, 0.5) is 5.69 Å². The number of pyridine rings is 1. The van der Waals surface area contributed by atoms with Gasteiger partial charge in [0.15, 0.2) is 0 Å². The molecule has 1 aromatic carbocycles. The number of hydrogen-bond donors (Lipinski definition) is 1. The zero-order valence-corrected chi connectivity index (χ0v) is 12.5. The van der Waals surface area contributed by atoms with E-state index in [4.69, 9.17) is 0 Å². The third-order valence-electron chi connectivity index (χ3n) is 3.45. The Hall–Kier alpha value is -1.87. The predicted octanol–water partition coefficient (Wildman–Crippen LogP) is 3.04. The zero-order chi connectivity index (χ0) is 14.4. The molecule has 0 fully saturated rings. The van der Waals surface area contributed by atoms with Gasteiger partial charge < -0.3 is 10.2 Å². The molecule has 1 N–H and O–H groups in total. The Kier molecular flexibility index (Phi) is 5.13. The average Bonchev–Trinajstić information content (AvgIpc) is 2.48. The van der Waals surface area contributed by atoms with Crippen LogP contribution in [0.2, 0.25) is 0 Å². The summed E-state index contributed by atoms with van der Waals surface area (Å²) in [7, 11) is 4.13. The van der Waals surface area contributed by atoms with Crippen molar-refractivity contribution < 1.29 is 0 Å². The van der Waals surface area contributed by atoms with E-state index in [0.29, 0.717) is 6.04 Å². The average molecular weight is 269 g/mol. The molecular weight excluding hydrogens is 246 g/mol. The van der Waals surface area contributed by atoms with Crippen LogP contribution < -0.4 is 10.2 Å². The first-order chi connectivity index (χ1) is 9.70. The van der Waals surface area contributed by atoms with Crippen molar-refractivity contribution in [2.75, 3.05) is 25.5 Å². The summed E-state index contributed by atoms with van der Waals surface area (Å²) >= 11 is 0. The highest BCUT2D eigenvalue weighted by atomic mass is 15.1. The van der Waals surface area contributed by atoms with E-state index in [9.17, 15) is 0 Å². The van der Waals surface area contributed by atoms with Crippen molar-refractivity contribution in [3.8, 4) is 0 Å². The lowest BCUT2D eigenvalue weighted by atomic mass is 9.99. The van der Waals surface area contributed by atoms with E-state index in [0.717, 1.165) is 13.0 Å². The molecule has 2 aromatic rings. The monoisotopic (exact) mass is 269 g/mol. The number of anilines is 1. The fourth-order valence-corrected chi connectivity index (χ4v) is 2.31. The van der Waals surface area contributed by atoms with Gasteiger partial charge in [0.1, 0.15) is 0 Å². The third-order valence-corrected chi connectivity index (χ3v) is 3.45. The highest BCUT2D eigenvalue weighted by Gasteiger charge is 2.11. The lowest BCUT2D eigenvalue weighted by Crippen LogP contribution is -2.23. The molecule has 106 valence electrons. The van der Waals surface area contributed by atoms with E-state index in [-0.39, 0.29) is 0 Å². The van der Waals surface area contributed by atoms with Gasteiger partial charge in [0.2, 0.25) is 0 Å². The first-order valence-electron chi connectivity index (χ1n) is 7.10. The molecule has 3 nitrogen and oxygen atoms in total. The number of nitrogens with zero attached hydrogens (tertiary/aromatic N) is 2. The second-order valence-electron chi connectivity index (χ2n) is 5.16. The molecule has 2 rings (SSSR count). The highest BCUT2D eigenvalue weighted by molar-refractivity contribution is 5.46. The minimum absolute atomic E-state index is 0.346. The maximum Gasteiger partial charge on any atom is 0.0361 e. The number of hydrogen-bond acceptors (Lipinski definition) is 3. The van der Waals surface area contributed by atoms with Crippen LogP contribution in [-0.4, -0.2) is 25.6 Å². The maximum absolute atomic E-state index is 4.08. The molecule has 1 heterocycles. The Morgan fingerprint density at radius 2 is 1.70 bits per heavy atom. The van der Waals surface area contributed by atoms with E-state index in [1.807, 2.05) is 12.4 Å². The number of benzene rings is 1. The minimum Gasteiger partial charge on any atom is -0.378 e. The summed E-state index contributed by atoms with van der Waals surface area (Å²) < 4.78 is 0. The summed E-state index contributed by atoms with van der Waals surface area (Å²) in [6.07, 6.45) is 4.69. The first kappa shape index (κ1) is 14.5. The van der Waals surface area contributed by atoms with Crippen LogP contribution in [-0.2, 0) is 6.42 Å². The molecule has 0 aliphatic rings. The van der Waals surface area contributed by atoms with Gasteiger partial charge in [-0.3, -0.25) is 4.98 Å². The lowest BCUT2D eigenvalue weighted by molar-refractivity contribution is 0.549. The SMILES string of the molecule is CCNC(Cc1ccncc1)c1ccc(N(C)C)cc1. The number of rotatable bonds is 6. The fourth-order valence-electron chi connectivity index (χ4n) is 2.31. The van der Waals surface area contributed by atoms with E-state index in [1.54, 1.807) is 0 Å². The molecule has 0 amide bonds. The van der Waals surface area contributed by atoms with E-state index in [2.05, 4.69) is 72.6 Å². The predicted molar refractivity (Wildman–Crippen MR) is 85.1 cm³/mol. The van der Waals surface area contributed by atoms with E-state index in [1.165, 1.54) is 16.8 Å². The van der Waals surface area contributed by atoms with Crippen molar-refractivity contribution >= 4 is 5.69 Å². The second-order valence-corrected chi connectivity index (χ2v) is 5.16. The standard InChI is InChI=1S/C17H23N3/c1-4-19-17(13-14-9-11-18-12-10-14)15-5-7-16(8-6-15)20(2)3/h5-12,17,19H,4,13H2,1-3H3. The van der Waals surface area contributed by atoms with Gasteiger partial charge in [-0.25, -0.2) is 0 Å². The lowest BCUT2D eigenvalue weighted by Gasteiger charge is -2.20. The van der Waals surface area contributed by atoms with Gasteiger partial charge in [0.05, 0.1) is 0 Å². The molecule has 3 heteroatoms. The van der Waals surface area contributed by atoms with Crippen LogP contribution in [0.1, 0.15) is 24.1 Å². The van der Waals surface area contributed by atoms with Gasteiger partial charge in [0.25, 0.3) is 0 Å². The molecular formula is C17H23N3. The molecule has 0 bridgehead atoms. The van der Waals surface area contributed by atoms with Crippen LogP contribution in [0.3, 0.4) is 0 Å². The molecule has 0 spiro atoms. The Morgan fingerprint density at radius 3 is 2.25 bits per heavy atom. The zero-order valence-electron chi connectivity index (χ0n) is 12.5. The van der Waals surface area contributed by atoms with E-state index >= 15 is 0 Å². The Balaban J connectivity index is 2.15. The normalized spacial score (nSPS) is 12.2. The van der Waals surface area contributed by atoms with Crippen LogP contribution in [0.5, 0.6) is 0 Å². The van der Waals surface area contributed by atoms with Gasteiger partial charge in [-0.05, 0) is 48.4 Å². The molecule has 0 radical (unpaired) electrons. The quantitative estimate of drug-likeness (QED) is 0.873. The highest BCUT2D eigenvalue weighted by Crippen LogP contribution is 2.21. The van der Waals surface area contributed by atoms with Crippen LogP contribution in [0.15, 0.2) is 48.8 Å². The van der Waals surface area contributed by atoms with Gasteiger partial charge in [-0.15, -0.1) is 0 Å². The van der Waals surface area contributed by atoms with Crippen molar-refractivity contribution in [2.24, 2.45) is 0 Å². The summed E-state index contributed by atoms with van der Waals surface area (Å²) in [5, 5.41) is 3.56. The summed E-state index contributed by atoms with van der Waals surface area (Å²) in [5.74, 6) is 0. The Bertz CT molecular complexity index is 506. The van der Waals surface area contributed by atoms with Crippen molar-refractivity contribution in [1.82, 2.24) is 10.3 Å². The van der Waals surface area contributed by atoms with Crippen LogP contribution in [0, 0.1) is 0 Å². The van der Waals surface area contributed by atoms with Gasteiger partial charge >= 0.3 is 0 Å². The molecule has 1 aromatic heterocycles. The van der Waals surface area contributed by atoms with E-state index < -0.39 is 0 Å².